The summed E-state index contributed by atoms with van der Waals surface area (Å²) in [7, 11) is 0. The van der Waals surface area contributed by atoms with E-state index in [2.05, 4.69) is 305 Å². The molecule has 1 aliphatic carbocycles. The third kappa shape index (κ3) is 41.6. The van der Waals surface area contributed by atoms with Crippen LogP contribution < -0.4 is 0 Å². The second-order valence-corrected chi connectivity index (χ2v) is 39.2. The van der Waals surface area contributed by atoms with Gasteiger partial charge in [0.25, 0.3) is 0 Å². The monoisotopic (exact) mass is 2600 g/mol. The molecule has 1 fully saturated rings. The van der Waals surface area contributed by atoms with Gasteiger partial charge in [0.15, 0.2) is 23.1 Å². The number of carbonyl (C=O) groups is 4. The quantitative estimate of drug-likeness (QED) is 0.0320. The van der Waals surface area contributed by atoms with Crippen LogP contribution in [-0.2, 0) is 125 Å². The zero-order valence-corrected chi connectivity index (χ0v) is 96.9. The summed E-state index contributed by atoms with van der Waals surface area (Å²) >= 11 is 0. The van der Waals surface area contributed by atoms with Gasteiger partial charge in [0.2, 0.25) is 0 Å². The van der Waals surface area contributed by atoms with E-state index in [0.717, 1.165) is 157 Å². The molecule has 0 aliphatic heterocycles. The number of aryl methyl sites for hydroxylation is 11. The molecule has 0 atom stereocenters. The molecule has 4 aromatic heterocycles. The van der Waals surface area contributed by atoms with E-state index in [-0.39, 0.29) is 127 Å². The van der Waals surface area contributed by atoms with Crippen molar-refractivity contribution in [1.29, 1.82) is 0 Å². The minimum Gasteiger partial charge on any atom is -0.512 e. The number of allylic oxidation sites excluding steroid dienone is 6. The number of aliphatic hydroxyl groups excluding tert-OH is 4. The molecule has 14 aromatic rings. The zero-order valence-electron chi connectivity index (χ0n) is 87.3. The first-order chi connectivity index (χ1) is 64.8. The Morgan fingerprint density at radius 3 is 0.872 bits per heavy atom. The van der Waals surface area contributed by atoms with Crippen LogP contribution in [0.2, 0.25) is 0 Å². The van der Waals surface area contributed by atoms with E-state index in [0.29, 0.717) is 59.3 Å². The average molecular weight is 2600 g/mol. The fourth-order valence-electron chi connectivity index (χ4n) is 16.7. The first kappa shape index (κ1) is 123. The Hall–Kier alpha value is -10.7. The molecule has 15 rings (SSSR count). The van der Waals surface area contributed by atoms with Gasteiger partial charge in [0, 0.05) is 134 Å². The third-order valence-electron chi connectivity index (χ3n) is 22.2. The molecular formula is C125H144Ir4N4O8-4. The molecule has 4 radical (unpaired) electrons. The smallest absolute Gasteiger partial charge is 0.162 e. The van der Waals surface area contributed by atoms with Gasteiger partial charge in [-0.05, 0) is 218 Å². The van der Waals surface area contributed by atoms with Gasteiger partial charge in [-0.15, -0.1) is 140 Å². The van der Waals surface area contributed by atoms with Crippen LogP contribution >= 0.6 is 0 Å². The molecule has 0 saturated heterocycles. The molecule has 1 aliphatic rings. The predicted molar refractivity (Wildman–Crippen MR) is 575 cm³/mol. The average Bonchev–Trinajstić information content (AvgIpc) is 0.815. The fraction of sp³-hybridized carbons (Fsp3) is 0.328. The van der Waals surface area contributed by atoms with E-state index < -0.39 is 0 Å². The van der Waals surface area contributed by atoms with Crippen molar-refractivity contribution in [3.8, 4) is 45.0 Å². The van der Waals surface area contributed by atoms with Gasteiger partial charge < -0.3 is 20.4 Å². The molecule has 16 heteroatoms. The molecule has 0 amide bonds. The Morgan fingerprint density at radius 2 is 0.610 bits per heavy atom. The van der Waals surface area contributed by atoms with Crippen LogP contribution in [0, 0.1) is 136 Å². The number of hydrogen-bond acceptors (Lipinski definition) is 12. The number of aromatic nitrogens is 4. The number of pyridine rings is 4. The maximum atomic E-state index is 11.3. The number of benzene rings is 10. The van der Waals surface area contributed by atoms with Crippen molar-refractivity contribution < 1.29 is 120 Å². The number of ketones is 4. The molecule has 12 nitrogen and oxygen atoms in total. The summed E-state index contributed by atoms with van der Waals surface area (Å²) in [5.74, 6) is 3.43. The first-order valence-electron chi connectivity index (χ1n) is 48.2. The summed E-state index contributed by atoms with van der Waals surface area (Å²) in [6, 6.07) is 87.2. The molecule has 752 valence electrons. The second kappa shape index (κ2) is 60.0. The first-order valence-corrected chi connectivity index (χ1v) is 48.2. The summed E-state index contributed by atoms with van der Waals surface area (Å²) in [6.07, 6.45) is 12.1. The Kier molecular flexibility index (Phi) is 52.2. The zero-order chi connectivity index (χ0) is 101. The van der Waals surface area contributed by atoms with Crippen molar-refractivity contribution in [3.63, 3.8) is 0 Å². The second-order valence-electron chi connectivity index (χ2n) is 39.2. The number of fused-ring (bicyclic) bond motifs is 4. The van der Waals surface area contributed by atoms with E-state index in [1.165, 1.54) is 105 Å². The topological polar surface area (TPSA) is 201 Å². The third-order valence-corrected chi connectivity index (χ3v) is 22.2. The summed E-state index contributed by atoms with van der Waals surface area (Å²) < 4.78 is 0. The van der Waals surface area contributed by atoms with E-state index >= 15 is 0 Å². The van der Waals surface area contributed by atoms with Crippen molar-refractivity contribution in [2.75, 3.05) is 0 Å². The van der Waals surface area contributed by atoms with Crippen molar-refractivity contribution in [2.45, 2.75) is 238 Å². The number of Topliss-reactive ketones (excluding diaryl/α,β-unsaturated/α-hetero) is 1. The van der Waals surface area contributed by atoms with Gasteiger partial charge in [-0.1, -0.05) is 284 Å². The normalized spacial score (nSPS) is 12.1. The SMILES string of the molecule is CC(=O)C=C(O)CC(C)C.CC(=O)C=C(O)c1c(C)cc(C)cc1C.CC(=O)C=C(O)c1ccccc1.CC(C)C(O)=C1CCCCC1=O.Cc1[c-]c(-c2ccc3ccc(CC(C)C)cc3n2)cc(C)c1.Cc1[c-]c(-c2ccc3ccc(CC(C)C)cc3n2)cc(C)c1.Cc1[c-]c(-c2ccc3ccc(CC(C)C)cc3n2)cc(C)c1.Cc1[c-]c(-c2ccc3ccc(CC(C)C)cc3n2)cc(C)c1.[Ir].[Ir].[Ir].[Ir]. The molecule has 4 N–H and O–H groups in total. The van der Waals surface area contributed by atoms with Gasteiger partial charge in [0.05, 0.1) is 27.8 Å². The predicted octanol–water partition coefficient (Wildman–Crippen LogP) is 32.0. The summed E-state index contributed by atoms with van der Waals surface area (Å²) in [5, 5.41) is 42.5. The Bertz CT molecular complexity index is 5990. The molecule has 10 aromatic carbocycles. The van der Waals surface area contributed by atoms with Gasteiger partial charge in [-0.2, -0.15) is 0 Å². The van der Waals surface area contributed by atoms with Gasteiger partial charge in [0.1, 0.15) is 17.3 Å². The number of rotatable bonds is 20. The van der Waals surface area contributed by atoms with Crippen LogP contribution in [0.5, 0.6) is 0 Å². The van der Waals surface area contributed by atoms with E-state index in [1.807, 2.05) is 66.7 Å². The number of hydrogen-bond donors (Lipinski definition) is 4. The van der Waals surface area contributed by atoms with Gasteiger partial charge in [-0.3, -0.25) is 39.1 Å². The summed E-state index contributed by atoms with van der Waals surface area (Å²) in [5.41, 5.74) is 32.9. The van der Waals surface area contributed by atoms with Crippen LogP contribution in [0.25, 0.3) is 100 Å². The van der Waals surface area contributed by atoms with Crippen LogP contribution in [0.15, 0.2) is 248 Å². The standard InChI is InChI=1S/4C21H22N.C13H16O2.C10H16O2.C10H10O2.C8H14O2.4Ir/c4*1-14(2)9-17-5-6-18-7-8-20(22-21(18)13-17)19-11-15(3)10-16(4)12-19;1-8-5-9(2)13(10(3)6-8)12(15)7-11(4)14;1-7(2)10(12)8-5-3-4-6-9(8)11;1-8(11)7-10(12)9-5-3-2-4-6-9;1-6(2)4-8(10)5-7(3)9;;;;/h4*5-8,10-11,13-14H,9H2,1-4H3;5-7,15H,1-4H3;7,12H,3-6H2,1-2H3;2-7,12H,1H3;5-6,10H,4H2,1-3H3;;;;/q4*-1;;;;;;;;. The van der Waals surface area contributed by atoms with Crippen LogP contribution in [0.4, 0.5) is 0 Å². The number of aliphatic hydroxyl groups is 4. The molecular weight excluding hydrogens is 2450 g/mol. The molecule has 0 bridgehead atoms. The van der Waals surface area contributed by atoms with Gasteiger partial charge in [-0.25, -0.2) is 0 Å². The maximum absolute atomic E-state index is 11.3. The molecule has 0 spiro atoms. The number of carbonyl (C=O) groups excluding carboxylic acids is 4. The van der Waals surface area contributed by atoms with Crippen LogP contribution in [0.1, 0.15) is 231 Å². The van der Waals surface area contributed by atoms with Gasteiger partial charge >= 0.3 is 0 Å². The Balaban J connectivity index is 0.000000340. The van der Waals surface area contributed by atoms with Crippen LogP contribution in [0.3, 0.4) is 0 Å². The minimum atomic E-state index is -0.156. The molecule has 0 unspecified atom stereocenters. The van der Waals surface area contributed by atoms with E-state index in [1.54, 1.807) is 24.3 Å². The summed E-state index contributed by atoms with van der Waals surface area (Å²) in [4.78, 5) is 62.7. The van der Waals surface area contributed by atoms with Crippen molar-refractivity contribution in [2.24, 2.45) is 35.5 Å². The van der Waals surface area contributed by atoms with E-state index in [4.69, 9.17) is 25.0 Å². The molecule has 1 saturated carbocycles. The maximum Gasteiger partial charge on any atom is 0.162 e. The largest absolute Gasteiger partial charge is 0.512 e. The Morgan fingerprint density at radius 1 is 0.333 bits per heavy atom. The molecule has 4 heterocycles. The summed E-state index contributed by atoms with van der Waals surface area (Å²) in [6.45, 7) is 52.7. The Labute approximate surface area is 895 Å². The van der Waals surface area contributed by atoms with Crippen LogP contribution in [-0.4, -0.2) is 63.5 Å². The molecule has 141 heavy (non-hydrogen) atoms. The fourth-order valence-corrected chi connectivity index (χ4v) is 16.7. The van der Waals surface area contributed by atoms with Crippen molar-refractivity contribution >= 4 is 78.3 Å². The van der Waals surface area contributed by atoms with Crippen molar-refractivity contribution in [1.82, 2.24) is 19.9 Å². The van der Waals surface area contributed by atoms with Crippen molar-refractivity contribution in [3.05, 3.63) is 366 Å². The van der Waals surface area contributed by atoms with E-state index in [9.17, 15) is 34.5 Å². The minimum absolute atomic E-state index is 0. The number of nitrogens with zero attached hydrogens (tertiary/aromatic N) is 4.